The predicted molar refractivity (Wildman–Crippen MR) is 93.9 cm³/mol. The highest BCUT2D eigenvalue weighted by molar-refractivity contribution is 7.99. The van der Waals surface area contributed by atoms with Crippen LogP contribution in [0.1, 0.15) is 27.1 Å². The minimum atomic E-state index is -4.37. The number of benzene rings is 2. The lowest BCUT2D eigenvalue weighted by Gasteiger charge is -2.23. The summed E-state index contributed by atoms with van der Waals surface area (Å²) >= 11 is 1.53. The highest BCUT2D eigenvalue weighted by Gasteiger charge is 2.34. The van der Waals surface area contributed by atoms with E-state index in [1.165, 1.54) is 23.9 Å². The van der Waals surface area contributed by atoms with Crippen molar-refractivity contribution in [3.8, 4) is 0 Å². The van der Waals surface area contributed by atoms with Gasteiger partial charge in [-0.3, -0.25) is 4.79 Å². The van der Waals surface area contributed by atoms with Crippen molar-refractivity contribution >= 4 is 28.6 Å². The summed E-state index contributed by atoms with van der Waals surface area (Å²) in [6.45, 7) is 0.520. The lowest BCUT2D eigenvalue weighted by atomic mass is 10.1. The lowest BCUT2D eigenvalue weighted by molar-refractivity contribution is -0.137. The number of fused-ring (bicyclic) bond motifs is 1. The van der Waals surface area contributed by atoms with Gasteiger partial charge in [-0.25, -0.2) is 0 Å². The van der Waals surface area contributed by atoms with Crippen molar-refractivity contribution in [2.24, 2.45) is 0 Å². The number of halogens is 3. The van der Waals surface area contributed by atoms with Gasteiger partial charge in [0.25, 0.3) is 5.91 Å². The van der Waals surface area contributed by atoms with E-state index < -0.39 is 11.7 Å². The van der Waals surface area contributed by atoms with Gasteiger partial charge in [0, 0.05) is 17.7 Å². The summed E-state index contributed by atoms with van der Waals surface area (Å²) in [6, 6.07) is 14.0. The monoisotopic (exact) mass is 377 g/mol. The summed E-state index contributed by atoms with van der Waals surface area (Å²) in [5, 5.41) is 0.520. The van der Waals surface area contributed by atoms with Crippen molar-refractivity contribution in [2.45, 2.75) is 11.6 Å². The van der Waals surface area contributed by atoms with E-state index in [1.807, 2.05) is 18.2 Å². The van der Waals surface area contributed by atoms with E-state index in [9.17, 15) is 18.0 Å². The Morgan fingerprint density at radius 2 is 1.85 bits per heavy atom. The molecule has 0 unspecified atom stereocenters. The van der Waals surface area contributed by atoms with Crippen molar-refractivity contribution < 1.29 is 22.4 Å². The molecule has 3 aromatic rings. The Balaban J connectivity index is 1.60. The first-order valence-corrected chi connectivity index (χ1v) is 9.07. The number of alkyl halides is 3. The van der Waals surface area contributed by atoms with Crippen LogP contribution in [0.5, 0.6) is 0 Å². The van der Waals surface area contributed by atoms with E-state index in [-0.39, 0.29) is 17.0 Å². The van der Waals surface area contributed by atoms with E-state index in [2.05, 4.69) is 0 Å². The Morgan fingerprint density at radius 1 is 1.12 bits per heavy atom. The molecule has 0 radical (unpaired) electrons. The van der Waals surface area contributed by atoms with E-state index in [1.54, 1.807) is 17.0 Å². The largest absolute Gasteiger partial charge is 0.451 e. The molecule has 0 N–H and O–H groups in total. The Hall–Kier alpha value is -2.41. The molecular formula is C19H14F3NO2S. The fourth-order valence-corrected chi connectivity index (χ4v) is 4.28. The molecule has 1 aliphatic heterocycles. The zero-order chi connectivity index (χ0) is 18.3. The highest BCUT2D eigenvalue weighted by Crippen LogP contribution is 2.40. The van der Waals surface area contributed by atoms with E-state index in [4.69, 9.17) is 4.42 Å². The second-order valence-corrected chi connectivity index (χ2v) is 7.18. The van der Waals surface area contributed by atoms with Gasteiger partial charge < -0.3 is 9.32 Å². The maximum Gasteiger partial charge on any atom is 0.416 e. The predicted octanol–water partition coefficient (Wildman–Crippen LogP) is 5.34. The maximum atomic E-state index is 12.9. The Kier molecular flexibility index (Phi) is 4.19. The van der Waals surface area contributed by atoms with Gasteiger partial charge in [-0.15, -0.1) is 11.8 Å². The van der Waals surface area contributed by atoms with Crippen LogP contribution in [-0.4, -0.2) is 23.1 Å². The minimum absolute atomic E-state index is 0.241. The topological polar surface area (TPSA) is 33.5 Å². The van der Waals surface area contributed by atoms with Crippen LogP contribution in [0.25, 0.3) is 11.0 Å². The number of amides is 1. The summed E-state index contributed by atoms with van der Waals surface area (Å²) < 4.78 is 43.9. The van der Waals surface area contributed by atoms with Gasteiger partial charge in [0.15, 0.2) is 5.76 Å². The van der Waals surface area contributed by atoms with Gasteiger partial charge in [-0.1, -0.05) is 30.3 Å². The van der Waals surface area contributed by atoms with Crippen LogP contribution >= 0.6 is 11.8 Å². The third kappa shape index (κ3) is 3.07. The fourth-order valence-electron chi connectivity index (χ4n) is 3.02. The van der Waals surface area contributed by atoms with Gasteiger partial charge in [0.1, 0.15) is 11.0 Å². The van der Waals surface area contributed by atoms with Gasteiger partial charge >= 0.3 is 6.18 Å². The van der Waals surface area contributed by atoms with Crippen LogP contribution in [0.3, 0.4) is 0 Å². The first kappa shape index (κ1) is 17.0. The smallest absolute Gasteiger partial charge is 0.416 e. The molecule has 1 atom stereocenters. The van der Waals surface area contributed by atoms with Crippen molar-refractivity contribution in [3.05, 3.63) is 71.5 Å². The quantitative estimate of drug-likeness (QED) is 0.604. The summed E-state index contributed by atoms with van der Waals surface area (Å²) in [4.78, 5) is 14.5. The SMILES string of the molecule is O=C(c1cc2ccccc2o1)N1CCS[C@@H]1c1ccc(C(F)(F)F)cc1. The number of rotatable bonds is 2. The third-order valence-corrected chi connectivity index (χ3v) is 5.57. The Labute approximate surface area is 151 Å². The van der Waals surface area contributed by atoms with Crippen LogP contribution in [0.4, 0.5) is 13.2 Å². The third-order valence-electron chi connectivity index (χ3n) is 4.31. The molecule has 2 heterocycles. The average Bonchev–Trinajstić information content (AvgIpc) is 3.27. The molecule has 0 bridgehead atoms. The number of carbonyl (C=O) groups is 1. The second-order valence-electron chi connectivity index (χ2n) is 5.99. The van der Waals surface area contributed by atoms with Crippen molar-refractivity contribution in [3.63, 3.8) is 0 Å². The normalized spacial score (nSPS) is 17.8. The number of carbonyl (C=O) groups excluding carboxylic acids is 1. The summed E-state index contributed by atoms with van der Waals surface area (Å²) in [5.41, 5.74) is 0.609. The molecule has 1 aromatic heterocycles. The summed E-state index contributed by atoms with van der Waals surface area (Å²) in [7, 11) is 0. The molecule has 1 fully saturated rings. The molecule has 134 valence electrons. The number of furan rings is 1. The molecule has 3 nitrogen and oxygen atoms in total. The zero-order valence-corrected chi connectivity index (χ0v) is 14.3. The van der Waals surface area contributed by atoms with Crippen LogP contribution in [-0.2, 0) is 6.18 Å². The Morgan fingerprint density at radius 3 is 2.54 bits per heavy atom. The molecule has 4 rings (SSSR count). The van der Waals surface area contributed by atoms with Gasteiger partial charge in [-0.2, -0.15) is 13.2 Å². The zero-order valence-electron chi connectivity index (χ0n) is 13.5. The molecule has 1 saturated heterocycles. The van der Waals surface area contributed by atoms with E-state index in [0.29, 0.717) is 17.7 Å². The fraction of sp³-hybridized carbons (Fsp3) is 0.211. The van der Waals surface area contributed by atoms with Crippen LogP contribution in [0.15, 0.2) is 59.0 Å². The molecule has 2 aromatic carbocycles. The molecule has 0 aliphatic carbocycles. The number of para-hydroxylation sites is 1. The first-order chi connectivity index (χ1) is 12.4. The van der Waals surface area contributed by atoms with Crippen LogP contribution < -0.4 is 0 Å². The lowest BCUT2D eigenvalue weighted by Crippen LogP contribution is -2.30. The highest BCUT2D eigenvalue weighted by atomic mass is 32.2. The van der Waals surface area contributed by atoms with Gasteiger partial charge in [-0.05, 0) is 29.8 Å². The van der Waals surface area contributed by atoms with Gasteiger partial charge in [0.05, 0.1) is 5.56 Å². The van der Waals surface area contributed by atoms with Gasteiger partial charge in [0.2, 0.25) is 0 Å². The first-order valence-electron chi connectivity index (χ1n) is 8.02. The maximum absolute atomic E-state index is 12.9. The Bertz CT molecular complexity index is 916. The summed E-state index contributed by atoms with van der Waals surface area (Å²) in [6.07, 6.45) is -4.37. The van der Waals surface area contributed by atoms with Crippen LogP contribution in [0.2, 0.25) is 0 Å². The number of hydrogen-bond donors (Lipinski definition) is 0. The molecule has 0 spiro atoms. The molecule has 7 heteroatoms. The summed E-state index contributed by atoms with van der Waals surface area (Å²) in [5.74, 6) is 0.708. The van der Waals surface area contributed by atoms with Crippen molar-refractivity contribution in [1.82, 2.24) is 4.90 Å². The molecular weight excluding hydrogens is 363 g/mol. The van der Waals surface area contributed by atoms with Crippen LogP contribution in [0, 0.1) is 0 Å². The van der Waals surface area contributed by atoms with E-state index >= 15 is 0 Å². The number of hydrogen-bond acceptors (Lipinski definition) is 3. The number of thioether (sulfide) groups is 1. The number of nitrogens with zero attached hydrogens (tertiary/aromatic N) is 1. The molecule has 26 heavy (non-hydrogen) atoms. The second kappa shape index (κ2) is 6.39. The average molecular weight is 377 g/mol. The molecule has 1 amide bonds. The van der Waals surface area contributed by atoms with Crippen molar-refractivity contribution in [2.75, 3.05) is 12.3 Å². The standard InChI is InChI=1S/C19H14F3NO2S/c20-19(21,22)14-7-5-12(6-8-14)18-23(9-10-26-18)17(24)16-11-13-3-1-2-4-15(13)25-16/h1-8,11,18H,9-10H2/t18-/m1/s1. The van der Waals surface area contributed by atoms with E-state index in [0.717, 1.165) is 23.3 Å². The molecule has 0 saturated carbocycles. The van der Waals surface area contributed by atoms with Crippen molar-refractivity contribution in [1.29, 1.82) is 0 Å². The minimum Gasteiger partial charge on any atom is -0.451 e. The molecule has 1 aliphatic rings.